The number of phenols is 1. The van der Waals surface area contributed by atoms with E-state index in [0.29, 0.717) is 89.7 Å². The van der Waals surface area contributed by atoms with Crippen LogP contribution in [0.25, 0.3) is 10.8 Å². The Balaban J connectivity index is 1.46. The predicted octanol–water partition coefficient (Wildman–Crippen LogP) is 4.56. The molecule has 2 bridgehead atoms. The quantitative estimate of drug-likeness (QED) is 0.429. The second-order valence-corrected chi connectivity index (χ2v) is 8.73. The zero-order valence-electron chi connectivity index (χ0n) is 21.7. The summed E-state index contributed by atoms with van der Waals surface area (Å²) in [5, 5.41) is 13.0. The summed E-state index contributed by atoms with van der Waals surface area (Å²) in [5.41, 5.74) is 1.55. The Labute approximate surface area is 223 Å². The van der Waals surface area contributed by atoms with Gasteiger partial charge in [0.15, 0.2) is 23.0 Å². The van der Waals surface area contributed by atoms with Gasteiger partial charge in [-0.3, -0.25) is 0 Å². The van der Waals surface area contributed by atoms with Gasteiger partial charge in [0.1, 0.15) is 19.8 Å². The van der Waals surface area contributed by atoms with E-state index < -0.39 is 0 Å². The van der Waals surface area contributed by atoms with Gasteiger partial charge in [-0.1, -0.05) is 43.0 Å². The maximum atomic E-state index is 11.1. The Hall–Kier alpha value is -3.30. The molecule has 3 aromatic rings. The lowest BCUT2D eigenvalue weighted by atomic mass is 9.97. The summed E-state index contributed by atoms with van der Waals surface area (Å²) in [6.45, 7) is 8.82. The minimum Gasteiger partial charge on any atom is -0.504 e. The number of hydrogen-bond donors (Lipinski definition) is 1. The molecule has 204 valence electrons. The molecule has 0 fully saturated rings. The lowest BCUT2D eigenvalue weighted by Crippen LogP contribution is -2.14. The lowest BCUT2D eigenvalue weighted by Gasteiger charge is -2.17. The number of ether oxygens (including phenoxy) is 7. The molecule has 0 unspecified atom stereocenters. The molecule has 0 radical (unpaired) electrons. The van der Waals surface area contributed by atoms with E-state index in [4.69, 9.17) is 33.2 Å². The Morgan fingerprint density at radius 3 is 1.71 bits per heavy atom. The Morgan fingerprint density at radius 2 is 1.08 bits per heavy atom. The van der Waals surface area contributed by atoms with E-state index in [1.807, 2.05) is 54.6 Å². The molecule has 0 aromatic heterocycles. The van der Waals surface area contributed by atoms with Crippen LogP contribution < -0.4 is 14.2 Å². The molecule has 4 rings (SSSR count). The van der Waals surface area contributed by atoms with Crippen LogP contribution >= 0.6 is 0 Å². The molecule has 3 aromatic carbocycles. The fraction of sp³-hybridized carbons (Fsp3) is 0.400. The summed E-state index contributed by atoms with van der Waals surface area (Å²) in [4.78, 5) is 0. The highest BCUT2D eigenvalue weighted by Gasteiger charge is 2.16. The van der Waals surface area contributed by atoms with E-state index in [9.17, 15) is 5.11 Å². The number of rotatable bonds is 0. The fourth-order valence-corrected chi connectivity index (χ4v) is 4.02. The molecule has 1 N–H and O–H groups in total. The van der Waals surface area contributed by atoms with Crippen molar-refractivity contribution in [2.75, 3.05) is 72.7 Å². The first-order chi connectivity index (χ1) is 18.7. The molecule has 0 spiro atoms. The molecule has 0 saturated carbocycles. The van der Waals surface area contributed by atoms with Crippen molar-refractivity contribution in [3.05, 3.63) is 72.3 Å². The summed E-state index contributed by atoms with van der Waals surface area (Å²) in [6, 6.07) is 17.2. The molecule has 0 atom stereocenters. The molecule has 38 heavy (non-hydrogen) atoms. The average Bonchev–Trinajstić information content (AvgIpc) is 2.93. The number of para-hydroxylation sites is 2. The van der Waals surface area contributed by atoms with Crippen molar-refractivity contribution in [3.8, 4) is 23.0 Å². The molecular weight excluding hydrogens is 488 g/mol. The summed E-state index contributed by atoms with van der Waals surface area (Å²) >= 11 is 0. The average molecular weight is 525 g/mol. The molecule has 8 heteroatoms. The highest BCUT2D eigenvalue weighted by Crippen LogP contribution is 2.38. The third kappa shape index (κ3) is 8.36. The monoisotopic (exact) mass is 524 g/mol. The molecule has 0 saturated heterocycles. The standard InChI is InChI=1S/C30H36O8/c1-23-20-26-25-7-3-2-6-24(25)21-29(30(26)31)37-19-17-35-15-13-33-11-10-32-12-14-34-16-18-36-27-8-4-5-9-28(27)38-22-23/h2-9,21,31H,1,10-20,22H2. The van der Waals surface area contributed by atoms with Gasteiger partial charge < -0.3 is 38.3 Å². The van der Waals surface area contributed by atoms with E-state index in [-0.39, 0.29) is 12.4 Å². The van der Waals surface area contributed by atoms with Gasteiger partial charge in [0.05, 0.1) is 52.9 Å². The lowest BCUT2D eigenvalue weighted by molar-refractivity contribution is -0.00709. The van der Waals surface area contributed by atoms with Crippen molar-refractivity contribution in [1.82, 2.24) is 0 Å². The normalized spacial score (nSPS) is 17.6. The summed E-state index contributed by atoms with van der Waals surface area (Å²) in [6.07, 6.45) is 0.427. The molecule has 0 aliphatic carbocycles. The van der Waals surface area contributed by atoms with Gasteiger partial charge in [-0.05, 0) is 34.5 Å². The van der Waals surface area contributed by atoms with Crippen molar-refractivity contribution in [2.45, 2.75) is 6.42 Å². The van der Waals surface area contributed by atoms with Crippen molar-refractivity contribution >= 4 is 10.8 Å². The van der Waals surface area contributed by atoms with Crippen LogP contribution in [0.1, 0.15) is 5.56 Å². The van der Waals surface area contributed by atoms with E-state index in [1.54, 1.807) is 0 Å². The zero-order valence-corrected chi connectivity index (χ0v) is 21.7. The Kier molecular flexibility index (Phi) is 11.1. The first-order valence-corrected chi connectivity index (χ1v) is 12.9. The second-order valence-electron chi connectivity index (χ2n) is 8.73. The van der Waals surface area contributed by atoms with Crippen molar-refractivity contribution < 1.29 is 38.3 Å². The minimum absolute atomic E-state index is 0.0995. The number of benzene rings is 3. The van der Waals surface area contributed by atoms with E-state index in [0.717, 1.165) is 21.9 Å². The largest absolute Gasteiger partial charge is 0.504 e. The topological polar surface area (TPSA) is 84.8 Å². The van der Waals surface area contributed by atoms with Gasteiger partial charge in [0, 0.05) is 12.0 Å². The van der Waals surface area contributed by atoms with Crippen LogP contribution in [0.3, 0.4) is 0 Å². The first kappa shape index (κ1) is 27.7. The second kappa shape index (κ2) is 15.2. The summed E-state index contributed by atoms with van der Waals surface area (Å²) in [7, 11) is 0. The smallest absolute Gasteiger partial charge is 0.161 e. The van der Waals surface area contributed by atoms with Gasteiger partial charge >= 0.3 is 0 Å². The van der Waals surface area contributed by atoms with Gasteiger partial charge in [0.25, 0.3) is 0 Å². The van der Waals surface area contributed by atoms with Crippen LogP contribution in [0.4, 0.5) is 0 Å². The molecular formula is C30H36O8. The molecule has 1 aliphatic rings. The Bertz CT molecular complexity index is 1160. The number of hydrogen-bond acceptors (Lipinski definition) is 8. The van der Waals surface area contributed by atoms with Crippen LogP contribution in [0.2, 0.25) is 0 Å². The van der Waals surface area contributed by atoms with Gasteiger partial charge in [-0.25, -0.2) is 0 Å². The first-order valence-electron chi connectivity index (χ1n) is 12.9. The summed E-state index contributed by atoms with van der Waals surface area (Å²) < 4.78 is 40.0. The van der Waals surface area contributed by atoms with Gasteiger partial charge in [-0.15, -0.1) is 0 Å². The van der Waals surface area contributed by atoms with Crippen LogP contribution in [0.5, 0.6) is 23.0 Å². The summed E-state index contributed by atoms with van der Waals surface area (Å²) in [5.74, 6) is 1.76. The fourth-order valence-electron chi connectivity index (χ4n) is 4.02. The van der Waals surface area contributed by atoms with Crippen molar-refractivity contribution in [3.63, 3.8) is 0 Å². The maximum absolute atomic E-state index is 11.1. The SMILES string of the molecule is C=C1COc2ccccc2OCCOCCOCCOCCOCCOc2cc3ccccc3c(c2O)C1. The van der Waals surface area contributed by atoms with Crippen LogP contribution in [0.15, 0.2) is 66.7 Å². The number of fused-ring (bicyclic) bond motifs is 5. The van der Waals surface area contributed by atoms with Gasteiger partial charge in [-0.2, -0.15) is 0 Å². The molecule has 8 nitrogen and oxygen atoms in total. The maximum Gasteiger partial charge on any atom is 0.161 e. The highest BCUT2D eigenvalue weighted by atomic mass is 16.6. The minimum atomic E-state index is 0.0995. The third-order valence-electron chi connectivity index (χ3n) is 5.89. The predicted molar refractivity (Wildman–Crippen MR) is 145 cm³/mol. The zero-order chi connectivity index (χ0) is 26.4. The molecule has 1 aliphatic heterocycles. The van der Waals surface area contributed by atoms with Crippen LogP contribution in [-0.4, -0.2) is 77.8 Å². The van der Waals surface area contributed by atoms with Crippen LogP contribution in [0, 0.1) is 0 Å². The van der Waals surface area contributed by atoms with E-state index in [2.05, 4.69) is 6.58 Å². The third-order valence-corrected chi connectivity index (χ3v) is 5.89. The molecule has 0 amide bonds. The highest BCUT2D eigenvalue weighted by molar-refractivity contribution is 5.90. The van der Waals surface area contributed by atoms with Crippen LogP contribution in [-0.2, 0) is 25.4 Å². The van der Waals surface area contributed by atoms with E-state index >= 15 is 0 Å². The molecule has 1 heterocycles. The number of aromatic hydroxyl groups is 1. The Morgan fingerprint density at radius 1 is 0.579 bits per heavy atom. The van der Waals surface area contributed by atoms with Crippen molar-refractivity contribution in [1.29, 1.82) is 0 Å². The van der Waals surface area contributed by atoms with E-state index in [1.165, 1.54) is 0 Å². The van der Waals surface area contributed by atoms with Crippen molar-refractivity contribution in [2.24, 2.45) is 0 Å². The number of phenolic OH excluding ortho intramolecular Hbond substituents is 1. The van der Waals surface area contributed by atoms with Gasteiger partial charge in [0.2, 0.25) is 0 Å².